The molecule has 0 bridgehead atoms. The fourth-order valence-corrected chi connectivity index (χ4v) is 2.72. The van der Waals surface area contributed by atoms with Crippen molar-refractivity contribution in [2.45, 2.75) is 0 Å². The molecule has 1 aliphatic heterocycles. The molecule has 2 nitrogen and oxygen atoms in total. The van der Waals surface area contributed by atoms with Crippen molar-refractivity contribution in [1.29, 1.82) is 0 Å². The van der Waals surface area contributed by atoms with E-state index in [0.717, 1.165) is 6.07 Å². The van der Waals surface area contributed by atoms with E-state index >= 15 is 0 Å². The molecule has 0 N–H and O–H groups in total. The van der Waals surface area contributed by atoms with Gasteiger partial charge in [0.1, 0.15) is 17.2 Å². The second-order valence-electron chi connectivity index (χ2n) is 3.55. The number of hydrogen-bond donors (Lipinski definition) is 0. The summed E-state index contributed by atoms with van der Waals surface area (Å²) in [6.07, 6.45) is 0. The summed E-state index contributed by atoms with van der Waals surface area (Å²) in [6, 6.07) is 6.54. The van der Waals surface area contributed by atoms with Gasteiger partial charge in [-0.2, -0.15) is 0 Å². The average Bonchev–Trinajstić information content (AvgIpc) is 2.32. The second kappa shape index (κ2) is 3.60. The molecule has 0 unspecified atom stereocenters. The maximum Gasteiger partial charge on any atom is 0.229 e. The molecular weight excluding hydrogens is 245 g/mol. The Balaban J connectivity index is 2.50. The highest BCUT2D eigenvalue weighted by Gasteiger charge is 2.14. The molecule has 0 saturated heterocycles. The zero-order valence-corrected chi connectivity index (χ0v) is 9.30. The normalized spacial score (nSPS) is 11.6. The van der Waals surface area contributed by atoms with Gasteiger partial charge in [0.2, 0.25) is 5.43 Å². The molecule has 1 heterocycles. The van der Waals surface area contributed by atoms with Gasteiger partial charge in [-0.3, -0.25) is 4.79 Å². The van der Waals surface area contributed by atoms with Crippen LogP contribution in [0.1, 0.15) is 0 Å². The first-order chi connectivity index (χ1) is 8.15. The van der Waals surface area contributed by atoms with Gasteiger partial charge in [0.15, 0.2) is 5.82 Å². The molecule has 0 fully saturated rings. The van der Waals surface area contributed by atoms with Gasteiger partial charge < -0.3 is 4.42 Å². The van der Waals surface area contributed by atoms with Crippen LogP contribution in [0.25, 0.3) is 21.8 Å². The summed E-state index contributed by atoms with van der Waals surface area (Å²) in [4.78, 5) is 11.6. The van der Waals surface area contributed by atoms with Crippen LogP contribution in [0.15, 0.2) is 39.5 Å². The quantitative estimate of drug-likeness (QED) is 0.568. The maximum absolute atomic E-state index is 13.1. The van der Waals surface area contributed by atoms with E-state index in [-0.39, 0.29) is 5.30 Å². The van der Waals surface area contributed by atoms with E-state index in [4.69, 9.17) is 4.42 Å². The number of hydrogen-bond acceptors (Lipinski definition) is 2. The smallest absolute Gasteiger partial charge is 0.229 e. The Morgan fingerprint density at radius 2 is 1.94 bits per heavy atom. The molecule has 3 rings (SSSR count). The molecule has 1 aromatic rings. The van der Waals surface area contributed by atoms with Crippen molar-refractivity contribution in [3.05, 3.63) is 52.2 Å². The van der Waals surface area contributed by atoms with E-state index < -0.39 is 17.1 Å². The van der Waals surface area contributed by atoms with Crippen LogP contribution in [0.5, 0.6) is 0 Å². The van der Waals surface area contributed by atoms with Gasteiger partial charge in [0.05, 0.1) is 5.30 Å². The zero-order chi connectivity index (χ0) is 12.0. The van der Waals surface area contributed by atoms with Crippen LogP contribution >= 0.6 is 8.19 Å². The highest BCUT2D eigenvalue weighted by molar-refractivity contribution is 7.40. The lowest BCUT2D eigenvalue weighted by Crippen LogP contribution is -2.07. The van der Waals surface area contributed by atoms with E-state index in [1.807, 2.05) is 0 Å². The number of benzene rings is 2. The van der Waals surface area contributed by atoms with Gasteiger partial charge in [0, 0.05) is 5.12 Å². The van der Waals surface area contributed by atoms with E-state index in [1.165, 1.54) is 24.3 Å². The van der Waals surface area contributed by atoms with E-state index in [9.17, 15) is 13.6 Å². The number of rotatable bonds is 0. The molecule has 1 aromatic carbocycles. The summed E-state index contributed by atoms with van der Waals surface area (Å²) in [5.74, 6) is -0.899. The molecule has 0 atom stereocenters. The number of fused-ring (bicyclic) bond motifs is 2. The average molecular weight is 250 g/mol. The Bertz CT molecular complexity index is 751. The lowest BCUT2D eigenvalue weighted by Gasteiger charge is -2.05. The SMILES string of the molecule is O=c1c(F)ccc2oc3ccc(F)cc3pc1-2. The fraction of sp³-hybridized carbons (Fsp3) is 0. The minimum atomic E-state index is -0.820. The monoisotopic (exact) mass is 250 g/mol. The summed E-state index contributed by atoms with van der Waals surface area (Å²) >= 11 is 0. The van der Waals surface area contributed by atoms with Crippen molar-refractivity contribution >= 4 is 18.9 Å². The largest absolute Gasteiger partial charge is 0.455 e. The molecule has 84 valence electrons. The van der Waals surface area contributed by atoms with Crippen molar-refractivity contribution in [2.24, 2.45) is 0 Å². The first-order valence-corrected chi connectivity index (χ1v) is 5.73. The Kier molecular flexibility index (Phi) is 2.20. The summed E-state index contributed by atoms with van der Waals surface area (Å²) in [5, 5.41) is 0.739. The molecule has 2 aliphatic rings. The van der Waals surface area contributed by atoms with Gasteiger partial charge in [-0.1, -0.05) is 0 Å². The van der Waals surface area contributed by atoms with Crippen LogP contribution in [0.2, 0.25) is 0 Å². The highest BCUT2D eigenvalue weighted by atomic mass is 31.0. The topological polar surface area (TPSA) is 30.2 Å². The lowest BCUT2D eigenvalue weighted by molar-refractivity contribution is 0.597. The first kappa shape index (κ1) is 10.4. The minimum absolute atomic E-state index is 0.211. The Morgan fingerprint density at radius 1 is 1.12 bits per heavy atom. The van der Waals surface area contributed by atoms with Crippen LogP contribution in [-0.4, -0.2) is 0 Å². The lowest BCUT2D eigenvalue weighted by atomic mass is 10.2. The second-order valence-corrected chi connectivity index (χ2v) is 4.70. The molecule has 0 aromatic heterocycles. The van der Waals surface area contributed by atoms with Crippen LogP contribution in [0.4, 0.5) is 8.78 Å². The summed E-state index contributed by atoms with van der Waals surface area (Å²) in [5.41, 5.74) is -0.203. The zero-order valence-electron chi connectivity index (χ0n) is 8.41. The third-order valence-electron chi connectivity index (χ3n) is 2.42. The summed E-state index contributed by atoms with van der Waals surface area (Å²) < 4.78 is 31.6. The van der Waals surface area contributed by atoms with Crippen molar-refractivity contribution in [2.75, 3.05) is 0 Å². The van der Waals surface area contributed by atoms with Crippen LogP contribution < -0.4 is 5.43 Å². The van der Waals surface area contributed by atoms with Crippen LogP contribution in [-0.2, 0) is 0 Å². The molecular formula is C12H5F2O2P. The van der Waals surface area contributed by atoms with Crippen molar-refractivity contribution in [1.82, 2.24) is 0 Å². The standard InChI is InChI=1S/C12H5F2O2P/c13-6-1-3-8-10(5-6)17-12-9(16-8)4-2-7(14)11(12)15/h1-5H. The molecule has 0 amide bonds. The van der Waals surface area contributed by atoms with E-state index in [1.54, 1.807) is 0 Å². The summed E-state index contributed by atoms with van der Waals surface area (Å²) in [7, 11) is 0.469. The molecule has 0 radical (unpaired) electrons. The van der Waals surface area contributed by atoms with Crippen molar-refractivity contribution in [3.63, 3.8) is 0 Å². The molecule has 1 aliphatic carbocycles. The van der Waals surface area contributed by atoms with Gasteiger partial charge in [-0.25, -0.2) is 8.78 Å². The predicted octanol–water partition coefficient (Wildman–Crippen LogP) is 3.76. The van der Waals surface area contributed by atoms with Crippen molar-refractivity contribution < 1.29 is 13.2 Å². The molecule has 5 heteroatoms. The minimum Gasteiger partial charge on any atom is -0.455 e. The van der Waals surface area contributed by atoms with Gasteiger partial charge >= 0.3 is 0 Å². The van der Waals surface area contributed by atoms with E-state index in [2.05, 4.69) is 0 Å². The highest BCUT2D eigenvalue weighted by Crippen LogP contribution is 2.35. The van der Waals surface area contributed by atoms with Crippen molar-refractivity contribution in [3.8, 4) is 11.1 Å². The maximum atomic E-state index is 13.1. The molecule has 17 heavy (non-hydrogen) atoms. The first-order valence-electron chi connectivity index (χ1n) is 4.84. The third kappa shape index (κ3) is 1.61. The Hall–Kier alpha value is -1.80. The Labute approximate surface area is 95.9 Å². The van der Waals surface area contributed by atoms with Gasteiger partial charge in [-0.15, -0.1) is 0 Å². The van der Waals surface area contributed by atoms with Crippen LogP contribution in [0, 0.1) is 11.6 Å². The fourth-order valence-electron chi connectivity index (χ4n) is 1.62. The molecule has 0 spiro atoms. The van der Waals surface area contributed by atoms with Crippen LogP contribution in [0.3, 0.4) is 0 Å². The van der Waals surface area contributed by atoms with Gasteiger partial charge in [-0.05, 0) is 38.5 Å². The van der Waals surface area contributed by atoms with E-state index in [0.29, 0.717) is 24.7 Å². The Morgan fingerprint density at radius 3 is 2.76 bits per heavy atom. The number of halogens is 2. The van der Waals surface area contributed by atoms with Gasteiger partial charge in [0.25, 0.3) is 0 Å². The molecule has 0 saturated carbocycles. The summed E-state index contributed by atoms with van der Waals surface area (Å²) in [6.45, 7) is 0. The predicted molar refractivity (Wildman–Crippen MR) is 61.5 cm³/mol. The third-order valence-corrected chi connectivity index (χ3v) is 3.66.